The average Bonchev–Trinajstić information content (AvgIpc) is 3.50. The summed E-state index contributed by atoms with van der Waals surface area (Å²) in [6.07, 6.45) is 5.11. The minimum absolute atomic E-state index is 0.253. The Morgan fingerprint density at radius 1 is 0.903 bits per heavy atom. The van der Waals surface area contributed by atoms with E-state index in [0.29, 0.717) is 30.4 Å². The van der Waals surface area contributed by atoms with Crippen molar-refractivity contribution in [3.63, 3.8) is 0 Å². The highest BCUT2D eigenvalue weighted by Gasteiger charge is 2.16. The number of hydrogen-bond donors (Lipinski definition) is 1. The first-order valence-electron chi connectivity index (χ1n) is 10.5. The van der Waals surface area contributed by atoms with Crippen molar-refractivity contribution in [2.45, 2.75) is 32.1 Å². The van der Waals surface area contributed by atoms with Gasteiger partial charge in [0.05, 0.1) is 0 Å². The molecule has 0 saturated carbocycles. The van der Waals surface area contributed by atoms with Crippen LogP contribution in [-0.4, -0.2) is 27.7 Å². The topological polar surface area (TPSA) is 94.1 Å². The number of carbonyl (C=O) groups is 1. The van der Waals surface area contributed by atoms with Crippen LogP contribution in [0.3, 0.4) is 0 Å². The van der Waals surface area contributed by atoms with E-state index in [1.54, 1.807) is 6.07 Å². The molecule has 5 rings (SSSR count). The molecule has 0 unspecified atom stereocenters. The van der Waals surface area contributed by atoms with Crippen LogP contribution in [0.25, 0.3) is 22.7 Å². The second kappa shape index (κ2) is 8.55. The average molecular weight is 414 g/mol. The zero-order chi connectivity index (χ0) is 21.0. The van der Waals surface area contributed by atoms with E-state index in [1.165, 1.54) is 24.0 Å². The van der Waals surface area contributed by atoms with Crippen molar-refractivity contribution >= 4 is 5.91 Å². The molecule has 0 saturated heterocycles. The molecule has 31 heavy (non-hydrogen) atoms. The Balaban J connectivity index is 1.18. The summed E-state index contributed by atoms with van der Waals surface area (Å²) in [4.78, 5) is 16.8. The van der Waals surface area contributed by atoms with E-state index >= 15 is 0 Å². The molecule has 0 bridgehead atoms. The molecule has 0 spiro atoms. The van der Waals surface area contributed by atoms with Gasteiger partial charge in [-0.2, -0.15) is 4.98 Å². The molecule has 2 heterocycles. The predicted octanol–water partition coefficient (Wildman–Crippen LogP) is 4.24. The molecule has 2 aromatic carbocycles. The van der Waals surface area contributed by atoms with Crippen molar-refractivity contribution in [1.82, 2.24) is 20.6 Å². The number of rotatable bonds is 6. The molecule has 4 aromatic rings. The van der Waals surface area contributed by atoms with Crippen LogP contribution in [0, 0.1) is 0 Å². The normalized spacial score (nSPS) is 13.0. The molecule has 0 atom stereocenters. The van der Waals surface area contributed by atoms with E-state index in [1.807, 2.05) is 36.4 Å². The summed E-state index contributed by atoms with van der Waals surface area (Å²) in [5, 5.41) is 10.7. The van der Waals surface area contributed by atoms with Crippen LogP contribution in [0.5, 0.6) is 0 Å². The van der Waals surface area contributed by atoms with E-state index in [4.69, 9.17) is 9.05 Å². The van der Waals surface area contributed by atoms with E-state index in [0.717, 1.165) is 24.0 Å². The highest BCUT2D eigenvalue weighted by molar-refractivity contribution is 5.93. The predicted molar refractivity (Wildman–Crippen MR) is 114 cm³/mol. The summed E-state index contributed by atoms with van der Waals surface area (Å²) in [5.74, 6) is 1.31. The maximum absolute atomic E-state index is 12.4. The van der Waals surface area contributed by atoms with E-state index < -0.39 is 0 Å². The number of nitrogens with zero attached hydrogens (tertiary/aromatic N) is 3. The summed E-state index contributed by atoms with van der Waals surface area (Å²) in [5.41, 5.74) is 4.86. The van der Waals surface area contributed by atoms with Gasteiger partial charge in [0.1, 0.15) is 0 Å². The molecule has 0 fully saturated rings. The lowest BCUT2D eigenvalue weighted by Crippen LogP contribution is -2.26. The number of fused-ring (bicyclic) bond motifs is 1. The van der Waals surface area contributed by atoms with E-state index in [2.05, 4.69) is 32.7 Å². The van der Waals surface area contributed by atoms with Crippen LogP contribution in [0.2, 0.25) is 0 Å². The van der Waals surface area contributed by atoms with Crippen LogP contribution in [-0.2, 0) is 19.3 Å². The molecule has 0 radical (unpaired) electrons. The number of benzene rings is 2. The molecular weight excluding hydrogens is 392 g/mol. The summed E-state index contributed by atoms with van der Waals surface area (Å²) >= 11 is 0. The van der Waals surface area contributed by atoms with Crippen LogP contribution >= 0.6 is 0 Å². The molecular formula is C24H22N4O3. The van der Waals surface area contributed by atoms with Crippen molar-refractivity contribution in [3.05, 3.63) is 77.3 Å². The minimum Gasteiger partial charge on any atom is -0.355 e. The van der Waals surface area contributed by atoms with Crippen molar-refractivity contribution < 1.29 is 13.8 Å². The number of aromatic nitrogens is 3. The Morgan fingerprint density at radius 2 is 1.74 bits per heavy atom. The lowest BCUT2D eigenvalue weighted by atomic mass is 9.90. The highest BCUT2D eigenvalue weighted by Crippen LogP contribution is 2.28. The number of nitrogens with one attached hydrogen (secondary N) is 1. The van der Waals surface area contributed by atoms with Crippen molar-refractivity contribution in [2.75, 3.05) is 6.54 Å². The first-order valence-corrected chi connectivity index (χ1v) is 10.5. The maximum Gasteiger partial charge on any atom is 0.273 e. The standard InChI is InChI=1S/C24H22N4O3/c29-24(25-13-12-22-26-23(28-31-22)17-7-2-1-3-8-17)20-15-21(30-27-20)19-11-10-16-6-4-5-9-18(16)14-19/h1-3,7-8,10-11,14-15H,4-6,9,12-13H2,(H,25,29). The van der Waals surface area contributed by atoms with Crippen LogP contribution in [0.1, 0.15) is 40.3 Å². The van der Waals surface area contributed by atoms with Gasteiger partial charge in [-0.05, 0) is 42.9 Å². The first-order chi connectivity index (χ1) is 15.3. The Bertz CT molecular complexity index is 1200. The summed E-state index contributed by atoms with van der Waals surface area (Å²) in [6.45, 7) is 0.357. The number of carbonyl (C=O) groups excluding carboxylic acids is 1. The Hall–Kier alpha value is -3.74. The second-order valence-corrected chi connectivity index (χ2v) is 7.65. The fourth-order valence-electron chi connectivity index (χ4n) is 3.84. The van der Waals surface area contributed by atoms with Gasteiger partial charge < -0.3 is 14.4 Å². The van der Waals surface area contributed by atoms with Gasteiger partial charge in [0.15, 0.2) is 11.5 Å². The zero-order valence-electron chi connectivity index (χ0n) is 17.0. The van der Waals surface area contributed by atoms with Crippen LogP contribution in [0.15, 0.2) is 63.6 Å². The molecule has 7 nitrogen and oxygen atoms in total. The van der Waals surface area contributed by atoms with Crippen molar-refractivity contribution in [3.8, 4) is 22.7 Å². The van der Waals surface area contributed by atoms with Crippen molar-refractivity contribution in [2.24, 2.45) is 0 Å². The molecule has 1 N–H and O–H groups in total. The van der Waals surface area contributed by atoms with Gasteiger partial charge in [0.25, 0.3) is 5.91 Å². The Kier molecular flexibility index (Phi) is 5.31. The van der Waals surface area contributed by atoms with Gasteiger partial charge in [-0.3, -0.25) is 4.79 Å². The summed E-state index contributed by atoms with van der Waals surface area (Å²) in [7, 11) is 0. The Labute approximate surface area is 179 Å². The Morgan fingerprint density at radius 3 is 2.61 bits per heavy atom. The third kappa shape index (κ3) is 4.26. The van der Waals surface area contributed by atoms with Crippen LogP contribution in [0.4, 0.5) is 0 Å². The zero-order valence-corrected chi connectivity index (χ0v) is 17.0. The molecule has 2 aromatic heterocycles. The molecule has 7 heteroatoms. The molecule has 1 aliphatic rings. The summed E-state index contributed by atoms with van der Waals surface area (Å²) in [6, 6.07) is 17.6. The lowest BCUT2D eigenvalue weighted by molar-refractivity contribution is 0.0944. The SMILES string of the molecule is O=C(NCCc1nc(-c2ccccc2)no1)c1cc(-c2ccc3c(c2)CCCC3)on1. The van der Waals surface area contributed by atoms with Gasteiger partial charge >= 0.3 is 0 Å². The molecule has 1 amide bonds. The molecule has 0 aliphatic heterocycles. The number of hydrogen-bond acceptors (Lipinski definition) is 6. The van der Waals surface area contributed by atoms with Gasteiger partial charge in [-0.15, -0.1) is 0 Å². The monoisotopic (exact) mass is 414 g/mol. The summed E-state index contributed by atoms with van der Waals surface area (Å²) < 4.78 is 10.7. The lowest BCUT2D eigenvalue weighted by Gasteiger charge is -2.15. The van der Waals surface area contributed by atoms with Crippen LogP contribution < -0.4 is 5.32 Å². The van der Waals surface area contributed by atoms with Crippen molar-refractivity contribution in [1.29, 1.82) is 0 Å². The second-order valence-electron chi connectivity index (χ2n) is 7.65. The fourth-order valence-corrected chi connectivity index (χ4v) is 3.84. The van der Waals surface area contributed by atoms with E-state index in [-0.39, 0.29) is 11.6 Å². The van der Waals surface area contributed by atoms with E-state index in [9.17, 15) is 4.79 Å². The number of aryl methyl sites for hydroxylation is 2. The third-order valence-corrected chi connectivity index (χ3v) is 5.50. The largest absolute Gasteiger partial charge is 0.355 e. The highest BCUT2D eigenvalue weighted by atomic mass is 16.5. The quantitative estimate of drug-likeness (QED) is 0.507. The third-order valence-electron chi connectivity index (χ3n) is 5.50. The molecule has 156 valence electrons. The van der Waals surface area contributed by atoms with Gasteiger partial charge in [-0.1, -0.05) is 52.8 Å². The van der Waals surface area contributed by atoms with Gasteiger partial charge in [0, 0.05) is 30.2 Å². The molecule has 1 aliphatic carbocycles. The maximum atomic E-state index is 12.4. The minimum atomic E-state index is -0.296. The first kappa shape index (κ1) is 19.2. The number of amides is 1. The smallest absolute Gasteiger partial charge is 0.273 e. The fraction of sp³-hybridized carbons (Fsp3) is 0.250. The van der Waals surface area contributed by atoms with Gasteiger partial charge in [0.2, 0.25) is 11.7 Å². The van der Waals surface area contributed by atoms with Gasteiger partial charge in [-0.25, -0.2) is 0 Å².